The lowest BCUT2D eigenvalue weighted by Crippen LogP contribution is -2.21. The molecule has 5 heteroatoms. The van der Waals surface area contributed by atoms with Crippen LogP contribution in [0.4, 0.5) is 0 Å². The highest BCUT2D eigenvalue weighted by molar-refractivity contribution is 5.68. The Balaban J connectivity index is 2.30. The maximum absolute atomic E-state index is 12.2. The summed E-state index contributed by atoms with van der Waals surface area (Å²) in [4.78, 5) is 15.1. The smallest absolute Gasteiger partial charge is 0.252 e. The van der Waals surface area contributed by atoms with Crippen molar-refractivity contribution < 1.29 is 9.47 Å². The van der Waals surface area contributed by atoms with Crippen molar-refractivity contribution in [3.8, 4) is 22.8 Å². The Morgan fingerprint density at radius 2 is 1.95 bits per heavy atom. The number of benzene rings is 1. The SMILES string of the molecule is CCCNCc1ccc(-c2ccc(OC)cc2OC)[nH]c1=O. The summed E-state index contributed by atoms with van der Waals surface area (Å²) in [5.41, 5.74) is 2.20. The number of H-pyrrole nitrogens is 1. The number of aromatic amines is 1. The Morgan fingerprint density at radius 3 is 2.59 bits per heavy atom. The van der Waals surface area contributed by atoms with Crippen molar-refractivity contribution in [2.75, 3.05) is 20.8 Å². The Labute approximate surface area is 130 Å². The third kappa shape index (κ3) is 3.68. The largest absolute Gasteiger partial charge is 0.497 e. The lowest BCUT2D eigenvalue weighted by molar-refractivity contribution is 0.395. The number of rotatable bonds is 7. The van der Waals surface area contributed by atoms with Gasteiger partial charge in [-0.15, -0.1) is 0 Å². The van der Waals surface area contributed by atoms with E-state index in [4.69, 9.17) is 9.47 Å². The first-order valence-corrected chi connectivity index (χ1v) is 7.35. The maximum Gasteiger partial charge on any atom is 0.252 e. The molecule has 0 aliphatic rings. The van der Waals surface area contributed by atoms with Crippen LogP contribution in [0.3, 0.4) is 0 Å². The highest BCUT2D eigenvalue weighted by Crippen LogP contribution is 2.31. The molecule has 118 valence electrons. The van der Waals surface area contributed by atoms with Crippen molar-refractivity contribution in [1.29, 1.82) is 0 Å². The molecule has 1 aromatic carbocycles. The van der Waals surface area contributed by atoms with Crippen LogP contribution >= 0.6 is 0 Å². The summed E-state index contributed by atoms with van der Waals surface area (Å²) >= 11 is 0. The van der Waals surface area contributed by atoms with Crippen LogP contribution in [0.1, 0.15) is 18.9 Å². The van der Waals surface area contributed by atoms with Gasteiger partial charge < -0.3 is 19.8 Å². The average Bonchev–Trinajstić information content (AvgIpc) is 2.55. The molecule has 0 saturated carbocycles. The number of aromatic nitrogens is 1. The van der Waals surface area contributed by atoms with Gasteiger partial charge >= 0.3 is 0 Å². The van der Waals surface area contributed by atoms with Crippen molar-refractivity contribution in [1.82, 2.24) is 10.3 Å². The van der Waals surface area contributed by atoms with E-state index in [1.807, 2.05) is 24.3 Å². The van der Waals surface area contributed by atoms with Crippen LogP contribution in [0.2, 0.25) is 0 Å². The minimum atomic E-state index is -0.0843. The van der Waals surface area contributed by atoms with E-state index < -0.39 is 0 Å². The van der Waals surface area contributed by atoms with Crippen LogP contribution in [-0.2, 0) is 6.54 Å². The molecule has 2 rings (SSSR count). The molecule has 0 spiro atoms. The van der Waals surface area contributed by atoms with E-state index in [0.29, 0.717) is 18.0 Å². The van der Waals surface area contributed by atoms with E-state index in [-0.39, 0.29) is 5.56 Å². The molecule has 5 nitrogen and oxygen atoms in total. The standard InChI is InChI=1S/C17H22N2O3/c1-4-9-18-11-12-5-8-15(19-17(12)20)14-7-6-13(21-2)10-16(14)22-3/h5-8,10,18H,4,9,11H2,1-3H3,(H,19,20). The minimum Gasteiger partial charge on any atom is -0.497 e. The lowest BCUT2D eigenvalue weighted by atomic mass is 10.1. The third-order valence-corrected chi connectivity index (χ3v) is 3.43. The molecule has 2 N–H and O–H groups in total. The molecule has 0 aliphatic heterocycles. The molecule has 0 unspecified atom stereocenters. The Morgan fingerprint density at radius 1 is 1.14 bits per heavy atom. The number of hydrogen-bond acceptors (Lipinski definition) is 4. The second-order valence-corrected chi connectivity index (χ2v) is 4.97. The van der Waals surface area contributed by atoms with Crippen molar-refractivity contribution in [3.63, 3.8) is 0 Å². The van der Waals surface area contributed by atoms with Gasteiger partial charge in [0.25, 0.3) is 5.56 Å². The molecular formula is C17H22N2O3. The highest BCUT2D eigenvalue weighted by atomic mass is 16.5. The fourth-order valence-electron chi connectivity index (χ4n) is 2.22. The monoisotopic (exact) mass is 302 g/mol. The third-order valence-electron chi connectivity index (χ3n) is 3.43. The molecule has 0 bridgehead atoms. The molecule has 0 atom stereocenters. The molecule has 22 heavy (non-hydrogen) atoms. The highest BCUT2D eigenvalue weighted by Gasteiger charge is 2.09. The van der Waals surface area contributed by atoms with Gasteiger partial charge in [0.1, 0.15) is 11.5 Å². The molecule has 0 saturated heterocycles. The van der Waals surface area contributed by atoms with Gasteiger partial charge in [-0.3, -0.25) is 4.79 Å². The Hall–Kier alpha value is -2.27. The van der Waals surface area contributed by atoms with Crippen LogP contribution in [-0.4, -0.2) is 25.7 Å². The summed E-state index contributed by atoms with van der Waals surface area (Å²) in [6.07, 6.45) is 1.04. The summed E-state index contributed by atoms with van der Waals surface area (Å²) < 4.78 is 10.6. The number of ether oxygens (including phenoxy) is 2. The minimum absolute atomic E-state index is 0.0843. The van der Waals surface area contributed by atoms with E-state index in [0.717, 1.165) is 29.8 Å². The van der Waals surface area contributed by atoms with Crippen LogP contribution in [0, 0.1) is 0 Å². The normalized spacial score (nSPS) is 10.5. The fraction of sp³-hybridized carbons (Fsp3) is 0.353. The van der Waals surface area contributed by atoms with Crippen LogP contribution in [0.25, 0.3) is 11.3 Å². The van der Waals surface area contributed by atoms with Gasteiger partial charge in [-0.1, -0.05) is 13.0 Å². The first kappa shape index (κ1) is 16.1. The summed E-state index contributed by atoms with van der Waals surface area (Å²) in [6.45, 7) is 3.56. The maximum atomic E-state index is 12.2. The summed E-state index contributed by atoms with van der Waals surface area (Å²) in [5, 5.41) is 3.23. The number of methoxy groups -OCH3 is 2. The van der Waals surface area contributed by atoms with Crippen molar-refractivity contribution >= 4 is 0 Å². The van der Waals surface area contributed by atoms with Gasteiger partial charge in [-0.05, 0) is 31.2 Å². The van der Waals surface area contributed by atoms with Gasteiger partial charge in [0.05, 0.1) is 19.9 Å². The Bertz CT molecular complexity index is 680. The van der Waals surface area contributed by atoms with E-state index in [1.165, 1.54) is 0 Å². The van der Waals surface area contributed by atoms with Gasteiger partial charge in [-0.25, -0.2) is 0 Å². The molecule has 0 fully saturated rings. The summed E-state index contributed by atoms with van der Waals surface area (Å²) in [7, 11) is 3.20. The number of hydrogen-bond donors (Lipinski definition) is 2. The topological polar surface area (TPSA) is 63.4 Å². The average molecular weight is 302 g/mol. The molecule has 1 aromatic heterocycles. The molecule has 2 aromatic rings. The van der Waals surface area contributed by atoms with Crippen molar-refractivity contribution in [2.24, 2.45) is 0 Å². The van der Waals surface area contributed by atoms with Crippen LogP contribution < -0.4 is 20.3 Å². The summed E-state index contributed by atoms with van der Waals surface area (Å²) in [6, 6.07) is 9.25. The zero-order valence-electron chi connectivity index (χ0n) is 13.2. The zero-order chi connectivity index (χ0) is 15.9. The fourth-order valence-corrected chi connectivity index (χ4v) is 2.22. The number of pyridine rings is 1. The zero-order valence-corrected chi connectivity index (χ0v) is 13.2. The van der Waals surface area contributed by atoms with Gasteiger partial charge in [0, 0.05) is 23.7 Å². The predicted octanol–water partition coefficient (Wildman–Crippen LogP) is 2.56. The molecular weight excluding hydrogens is 280 g/mol. The molecule has 0 amide bonds. The van der Waals surface area contributed by atoms with Crippen LogP contribution in [0.15, 0.2) is 35.1 Å². The molecule has 1 heterocycles. The van der Waals surface area contributed by atoms with E-state index in [9.17, 15) is 4.79 Å². The van der Waals surface area contributed by atoms with E-state index >= 15 is 0 Å². The van der Waals surface area contributed by atoms with E-state index in [2.05, 4.69) is 17.2 Å². The molecule has 0 aliphatic carbocycles. The first-order chi connectivity index (χ1) is 10.7. The molecule has 0 radical (unpaired) electrons. The van der Waals surface area contributed by atoms with Crippen LogP contribution in [0.5, 0.6) is 11.5 Å². The van der Waals surface area contributed by atoms with E-state index in [1.54, 1.807) is 20.3 Å². The lowest BCUT2D eigenvalue weighted by Gasteiger charge is -2.11. The predicted molar refractivity (Wildman–Crippen MR) is 87.6 cm³/mol. The van der Waals surface area contributed by atoms with Crippen molar-refractivity contribution in [3.05, 3.63) is 46.2 Å². The van der Waals surface area contributed by atoms with Gasteiger partial charge in [0.15, 0.2) is 0 Å². The first-order valence-electron chi connectivity index (χ1n) is 7.35. The summed E-state index contributed by atoms with van der Waals surface area (Å²) in [5.74, 6) is 1.37. The van der Waals surface area contributed by atoms with Gasteiger partial charge in [-0.2, -0.15) is 0 Å². The quantitative estimate of drug-likeness (QED) is 0.772. The second kappa shape index (κ2) is 7.66. The van der Waals surface area contributed by atoms with Crippen molar-refractivity contribution in [2.45, 2.75) is 19.9 Å². The number of nitrogens with one attached hydrogen (secondary N) is 2. The second-order valence-electron chi connectivity index (χ2n) is 4.97. The van der Waals surface area contributed by atoms with Gasteiger partial charge in [0.2, 0.25) is 0 Å². The Kier molecular flexibility index (Phi) is 5.61.